The number of benzene rings is 1. The summed E-state index contributed by atoms with van der Waals surface area (Å²) >= 11 is 0. The molecular weight excluding hydrogens is 1370 g/mol. The van der Waals surface area contributed by atoms with Crippen LogP contribution in [0.25, 0.3) is 0 Å². The fraction of sp³-hybridized carbons (Fsp3) is 0.884. The molecule has 2 N–H and O–H groups in total. The normalized spacial score (nSPS) is 11.7. The lowest BCUT2D eigenvalue weighted by atomic mass is 10.1. The molecule has 0 atom stereocenters. The van der Waals surface area contributed by atoms with Gasteiger partial charge in [-0.15, -0.1) is 0 Å². The maximum absolute atomic E-state index is 12.3. The summed E-state index contributed by atoms with van der Waals surface area (Å²) in [5.41, 5.74) is 1.38. The lowest BCUT2D eigenvalue weighted by Gasteiger charge is -2.14. The molecule has 103 heavy (non-hydrogen) atoms. The summed E-state index contributed by atoms with van der Waals surface area (Å²) in [6.07, 6.45) is -0.479. The summed E-state index contributed by atoms with van der Waals surface area (Å²) in [5.74, 6) is -1.06. The van der Waals surface area contributed by atoms with E-state index in [0.29, 0.717) is 375 Å². The highest BCUT2D eigenvalue weighted by molar-refractivity contribution is 5.94. The van der Waals surface area contributed by atoms with Gasteiger partial charge in [-0.2, -0.15) is 0 Å². The summed E-state index contributed by atoms with van der Waals surface area (Å²) in [7, 11) is 3.12. The molecule has 0 saturated heterocycles. The van der Waals surface area contributed by atoms with Gasteiger partial charge in [0.15, 0.2) is 6.29 Å². The average molecular weight is 1500 g/mol. The first-order valence-corrected chi connectivity index (χ1v) is 35.9. The number of carbonyl (C=O) groups excluding carboxylic acids is 1. The molecule has 0 aliphatic carbocycles. The Morgan fingerprint density at radius 3 is 0.534 bits per heavy atom. The number of hydrogen-bond donors (Lipinski definition) is 2. The van der Waals surface area contributed by atoms with Gasteiger partial charge in [-0.25, -0.2) is 0 Å². The van der Waals surface area contributed by atoms with Gasteiger partial charge < -0.3 is 153 Å². The van der Waals surface area contributed by atoms with E-state index >= 15 is 0 Å². The van der Waals surface area contributed by atoms with Gasteiger partial charge in [0.25, 0.3) is 5.91 Å². The van der Waals surface area contributed by atoms with E-state index in [-0.39, 0.29) is 18.9 Å². The zero-order valence-electron chi connectivity index (χ0n) is 61.9. The smallest absolute Gasteiger partial charge is 0.305 e. The highest BCUT2D eigenvalue weighted by Crippen LogP contribution is 2.17. The number of hydrogen-bond acceptors (Lipinski definition) is 32. The fourth-order valence-corrected chi connectivity index (χ4v) is 7.70. The third-order valence-corrected chi connectivity index (χ3v) is 12.9. The Morgan fingerprint density at radius 1 is 0.243 bits per heavy atom. The number of aliphatic carboxylic acids is 1. The lowest BCUT2D eigenvalue weighted by molar-refractivity contribution is -0.138. The molecule has 0 spiro atoms. The van der Waals surface area contributed by atoms with Crippen LogP contribution < -0.4 is 5.32 Å². The largest absolute Gasteiger partial charge is 0.481 e. The third kappa shape index (κ3) is 78.4. The minimum absolute atomic E-state index is 0.0122. The Morgan fingerprint density at radius 2 is 0.388 bits per heavy atom. The summed E-state index contributed by atoms with van der Waals surface area (Å²) in [6.45, 7) is 26.1. The molecule has 1 aromatic carbocycles. The van der Waals surface area contributed by atoms with Crippen LogP contribution in [0.4, 0.5) is 0 Å². The number of carboxylic acids is 1. The van der Waals surface area contributed by atoms with Gasteiger partial charge in [0.2, 0.25) is 0 Å². The third-order valence-electron chi connectivity index (χ3n) is 12.9. The predicted molar refractivity (Wildman–Crippen MR) is 371 cm³/mol. The molecule has 608 valence electrons. The Labute approximate surface area is 610 Å². The van der Waals surface area contributed by atoms with Crippen LogP contribution >= 0.6 is 0 Å². The van der Waals surface area contributed by atoms with Gasteiger partial charge in [0, 0.05) is 31.9 Å². The zero-order chi connectivity index (χ0) is 73.6. The summed E-state index contributed by atoms with van der Waals surface area (Å²) < 4.78 is 164. The van der Waals surface area contributed by atoms with E-state index in [4.69, 9.17) is 147 Å². The second kappa shape index (κ2) is 86.2. The molecule has 0 fully saturated rings. The van der Waals surface area contributed by atoms with Crippen molar-refractivity contribution in [3.8, 4) is 0 Å². The van der Waals surface area contributed by atoms with Crippen LogP contribution in [0.2, 0.25) is 0 Å². The van der Waals surface area contributed by atoms with E-state index in [2.05, 4.69) is 5.32 Å². The van der Waals surface area contributed by atoms with E-state index < -0.39 is 12.3 Å². The van der Waals surface area contributed by atoms with Crippen LogP contribution in [0.3, 0.4) is 0 Å². The first-order valence-electron chi connectivity index (χ1n) is 35.9. The van der Waals surface area contributed by atoms with Crippen LogP contribution in [0, 0.1) is 0 Å². The maximum atomic E-state index is 12.3. The molecule has 0 aromatic heterocycles. The van der Waals surface area contributed by atoms with Crippen LogP contribution in [0.5, 0.6) is 0 Å². The summed E-state index contributed by atoms with van der Waals surface area (Å²) in [6, 6.07) is 7.05. The second-order valence-corrected chi connectivity index (χ2v) is 21.0. The van der Waals surface area contributed by atoms with Crippen LogP contribution in [-0.4, -0.2) is 408 Å². The van der Waals surface area contributed by atoms with E-state index in [1.54, 1.807) is 38.5 Å². The number of ether oxygens (including phenoxy) is 30. The number of carboxylic acid groups (broad SMARTS) is 1. The number of carbonyl (C=O) groups is 2. The summed E-state index contributed by atoms with van der Waals surface area (Å²) in [4.78, 5) is 22.7. The van der Waals surface area contributed by atoms with E-state index in [1.165, 1.54) is 0 Å². The highest BCUT2D eigenvalue weighted by atomic mass is 16.7. The molecule has 0 radical (unpaired) electrons. The molecule has 0 aliphatic rings. The van der Waals surface area contributed by atoms with Crippen molar-refractivity contribution in [2.75, 3.05) is 391 Å². The van der Waals surface area contributed by atoms with Gasteiger partial charge in [-0.05, 0) is 12.1 Å². The van der Waals surface area contributed by atoms with Crippen molar-refractivity contribution >= 4 is 11.9 Å². The van der Waals surface area contributed by atoms with Crippen LogP contribution in [-0.2, 0) is 147 Å². The van der Waals surface area contributed by atoms with E-state index in [9.17, 15) is 9.59 Å². The SMILES string of the molecule is COC(OC)c1ccc(C(=O)NCCOCCOCCOCCOCCOCCOCCOCCOCCOCCOCCOCCOCCOCCOCCOCCOCCOCCOCCOCCOCCOCCOCCOCCOCCOCCOCCOCCOCCC(=O)O)cc1. The Balaban J connectivity index is 1.60. The van der Waals surface area contributed by atoms with Gasteiger partial charge in [-0.1, -0.05) is 12.1 Å². The number of amides is 1. The monoisotopic (exact) mass is 1500 g/mol. The number of methoxy groups -OCH3 is 2. The highest BCUT2D eigenvalue weighted by Gasteiger charge is 2.11. The van der Waals surface area contributed by atoms with Crippen molar-refractivity contribution in [3.63, 3.8) is 0 Å². The number of rotatable bonds is 91. The van der Waals surface area contributed by atoms with Crippen LogP contribution in [0.15, 0.2) is 24.3 Å². The van der Waals surface area contributed by atoms with Crippen molar-refractivity contribution in [2.24, 2.45) is 0 Å². The van der Waals surface area contributed by atoms with E-state index in [1.807, 2.05) is 0 Å². The Bertz CT molecular complexity index is 1810. The van der Waals surface area contributed by atoms with Crippen molar-refractivity contribution in [2.45, 2.75) is 12.7 Å². The first-order chi connectivity index (χ1) is 51.1. The van der Waals surface area contributed by atoms with Crippen LogP contribution in [0.1, 0.15) is 28.6 Å². The van der Waals surface area contributed by atoms with Crippen molar-refractivity contribution < 1.29 is 157 Å². The minimum atomic E-state index is -0.882. The molecule has 0 unspecified atom stereocenters. The number of nitrogens with one attached hydrogen (secondary N) is 1. The molecule has 0 bridgehead atoms. The van der Waals surface area contributed by atoms with Gasteiger partial charge in [0.1, 0.15) is 0 Å². The topological polar surface area (TPSA) is 343 Å². The second-order valence-electron chi connectivity index (χ2n) is 21.0. The first kappa shape index (κ1) is 98.0. The molecular formula is C69H129NO33. The van der Waals surface area contributed by atoms with E-state index in [0.717, 1.165) is 5.56 Å². The molecule has 1 aromatic rings. The summed E-state index contributed by atoms with van der Waals surface area (Å²) in [5, 5.41) is 11.4. The Kier molecular flexibility index (Phi) is 82.0. The molecule has 0 aliphatic heterocycles. The predicted octanol–water partition coefficient (Wildman–Crippen LogP) is 1.65. The lowest BCUT2D eigenvalue weighted by Crippen LogP contribution is -2.27. The maximum Gasteiger partial charge on any atom is 0.305 e. The van der Waals surface area contributed by atoms with Gasteiger partial charge >= 0.3 is 5.97 Å². The zero-order valence-corrected chi connectivity index (χ0v) is 61.9. The quantitative estimate of drug-likeness (QED) is 0.0691. The molecule has 34 nitrogen and oxygen atoms in total. The van der Waals surface area contributed by atoms with Crippen molar-refractivity contribution in [1.29, 1.82) is 0 Å². The molecule has 0 heterocycles. The van der Waals surface area contributed by atoms with Crippen molar-refractivity contribution in [3.05, 3.63) is 35.4 Å². The van der Waals surface area contributed by atoms with Crippen molar-refractivity contribution in [1.82, 2.24) is 5.32 Å². The molecule has 0 saturated carbocycles. The van der Waals surface area contributed by atoms with Gasteiger partial charge in [0.05, 0.1) is 376 Å². The standard InChI is InChI=1S/C69H129NO33/c1-74-69(75-2)66-5-3-65(4-6-66)68(73)70-8-10-77-12-14-79-16-18-81-20-22-83-24-26-85-28-30-87-32-34-89-36-38-91-40-42-93-44-46-95-48-50-97-52-54-99-56-58-101-60-62-103-64-63-102-61-59-100-57-55-98-53-51-96-49-47-94-45-43-92-41-39-90-37-35-88-33-31-86-29-27-84-25-23-82-21-19-80-17-15-78-13-11-76-9-7-67(71)72/h3-6,69H,7-64H2,1-2H3,(H,70,73)(H,71,72). The fourth-order valence-electron chi connectivity index (χ4n) is 7.70. The minimum Gasteiger partial charge on any atom is -0.481 e. The average Bonchev–Trinajstić information content (AvgIpc) is 0.896. The Hall–Kier alpha value is -3.04. The molecule has 1 amide bonds. The van der Waals surface area contributed by atoms with Gasteiger partial charge in [-0.3, -0.25) is 9.59 Å². The molecule has 1 rings (SSSR count). The molecule has 34 heteroatoms.